The Bertz CT molecular complexity index is 784. The molecule has 0 saturated carbocycles. The average Bonchev–Trinajstić information content (AvgIpc) is 2.73. The second kappa shape index (κ2) is 11.2. The highest BCUT2D eigenvalue weighted by atomic mass is 16.6. The number of rotatable bonds is 10. The molecule has 0 heterocycles. The van der Waals surface area contributed by atoms with Crippen molar-refractivity contribution in [2.24, 2.45) is 0 Å². The summed E-state index contributed by atoms with van der Waals surface area (Å²) in [6.07, 6.45) is 3.28. The Kier molecular flexibility index (Phi) is 8.71. The Balaban J connectivity index is 1.90. The van der Waals surface area contributed by atoms with Crippen molar-refractivity contribution in [1.82, 2.24) is 0 Å². The summed E-state index contributed by atoms with van der Waals surface area (Å²) in [4.78, 5) is 24.4. The summed E-state index contributed by atoms with van der Waals surface area (Å²) in [6.45, 7) is 7.62. The van der Waals surface area contributed by atoms with Gasteiger partial charge in [-0.3, -0.25) is 4.79 Å². The van der Waals surface area contributed by atoms with Crippen LogP contribution in [0.25, 0.3) is 0 Å². The predicted molar refractivity (Wildman–Crippen MR) is 115 cm³/mol. The van der Waals surface area contributed by atoms with Gasteiger partial charge in [-0.2, -0.15) is 0 Å². The molecule has 0 unspecified atom stereocenters. The van der Waals surface area contributed by atoms with Crippen molar-refractivity contribution in [2.75, 3.05) is 5.32 Å². The molecule has 1 amide bonds. The minimum atomic E-state index is -0.713. The van der Waals surface area contributed by atoms with Gasteiger partial charge in [0.25, 0.3) is 5.91 Å². The second-order valence-corrected chi connectivity index (χ2v) is 7.19. The molecule has 0 aliphatic carbocycles. The van der Waals surface area contributed by atoms with Crippen LogP contribution in [0.2, 0.25) is 0 Å². The molecule has 0 saturated heterocycles. The molecule has 0 aromatic heterocycles. The molecule has 1 N–H and O–H groups in total. The van der Waals surface area contributed by atoms with Crippen molar-refractivity contribution in [3.8, 4) is 5.75 Å². The molecule has 0 aliphatic rings. The van der Waals surface area contributed by atoms with Gasteiger partial charge in [-0.25, -0.2) is 4.79 Å². The molecule has 29 heavy (non-hydrogen) atoms. The fraction of sp³-hybridized carbons (Fsp3) is 0.417. The molecule has 0 fully saturated rings. The second-order valence-electron chi connectivity index (χ2n) is 7.19. The highest BCUT2D eigenvalue weighted by Crippen LogP contribution is 2.17. The maximum absolute atomic E-state index is 12.4. The summed E-state index contributed by atoms with van der Waals surface area (Å²) in [6, 6.07) is 14.6. The molecule has 2 aromatic rings. The van der Waals surface area contributed by atoms with Crippen molar-refractivity contribution in [1.29, 1.82) is 0 Å². The van der Waals surface area contributed by atoms with Crippen LogP contribution in [0.3, 0.4) is 0 Å². The highest BCUT2D eigenvalue weighted by molar-refractivity contribution is 6.04. The van der Waals surface area contributed by atoms with E-state index in [-0.39, 0.29) is 12.0 Å². The normalized spacial score (nSPS) is 12.7. The van der Waals surface area contributed by atoms with Crippen LogP contribution in [0.15, 0.2) is 48.5 Å². The lowest BCUT2D eigenvalue weighted by molar-refractivity contribution is -0.155. The number of anilines is 1. The van der Waals surface area contributed by atoms with E-state index in [2.05, 4.69) is 12.2 Å². The molecule has 2 rings (SSSR count). The Morgan fingerprint density at radius 2 is 1.62 bits per heavy atom. The van der Waals surface area contributed by atoms with E-state index in [1.165, 1.54) is 5.56 Å². The molecule has 5 heteroatoms. The fourth-order valence-electron chi connectivity index (χ4n) is 2.65. The lowest BCUT2D eigenvalue weighted by atomic mass is 10.1. The first kappa shape index (κ1) is 22.5. The maximum Gasteiger partial charge on any atom is 0.347 e. The summed E-state index contributed by atoms with van der Waals surface area (Å²) in [5.74, 6) is -0.0823. The third-order valence-electron chi connectivity index (χ3n) is 4.68. The minimum Gasteiger partial charge on any atom is -0.479 e. The topological polar surface area (TPSA) is 64.6 Å². The molecule has 2 atom stereocenters. The number of benzene rings is 2. The van der Waals surface area contributed by atoms with Crippen molar-refractivity contribution in [3.05, 3.63) is 59.7 Å². The Labute approximate surface area is 173 Å². The van der Waals surface area contributed by atoms with Crippen LogP contribution in [-0.4, -0.2) is 24.1 Å². The van der Waals surface area contributed by atoms with Crippen molar-refractivity contribution in [2.45, 2.75) is 65.6 Å². The predicted octanol–water partition coefficient (Wildman–Crippen LogP) is 5.39. The van der Waals surface area contributed by atoms with E-state index >= 15 is 0 Å². The van der Waals surface area contributed by atoms with Gasteiger partial charge in [0.1, 0.15) is 5.75 Å². The van der Waals surface area contributed by atoms with Gasteiger partial charge < -0.3 is 14.8 Å². The lowest BCUT2D eigenvalue weighted by Crippen LogP contribution is -2.29. The van der Waals surface area contributed by atoms with Crippen molar-refractivity contribution in [3.63, 3.8) is 0 Å². The number of unbranched alkanes of at least 4 members (excludes halogenated alkanes) is 1. The molecule has 0 bridgehead atoms. The molecule has 5 nitrogen and oxygen atoms in total. The fourth-order valence-corrected chi connectivity index (χ4v) is 2.65. The van der Waals surface area contributed by atoms with Crippen LogP contribution in [0.5, 0.6) is 5.75 Å². The third-order valence-corrected chi connectivity index (χ3v) is 4.68. The van der Waals surface area contributed by atoms with Gasteiger partial charge in [-0.1, -0.05) is 32.4 Å². The molecule has 156 valence electrons. The van der Waals surface area contributed by atoms with Gasteiger partial charge >= 0.3 is 5.97 Å². The third kappa shape index (κ3) is 7.26. The number of aryl methyl sites for hydroxylation is 1. The van der Waals surface area contributed by atoms with Gasteiger partial charge in [0.05, 0.1) is 6.10 Å². The maximum atomic E-state index is 12.4. The molecular formula is C24H31NO4. The van der Waals surface area contributed by atoms with Gasteiger partial charge in [0.2, 0.25) is 0 Å². The number of nitrogens with one attached hydrogen (secondary N) is 1. The summed E-state index contributed by atoms with van der Waals surface area (Å²) < 4.78 is 10.9. The van der Waals surface area contributed by atoms with E-state index in [0.717, 1.165) is 31.4 Å². The minimum absolute atomic E-state index is 0.139. The first-order valence-electron chi connectivity index (χ1n) is 10.3. The number of hydrogen-bond acceptors (Lipinski definition) is 4. The number of esters is 1. The van der Waals surface area contributed by atoms with Gasteiger partial charge in [-0.05, 0) is 75.1 Å². The van der Waals surface area contributed by atoms with E-state index in [1.807, 2.05) is 38.1 Å². The summed E-state index contributed by atoms with van der Waals surface area (Å²) in [7, 11) is 0. The zero-order chi connectivity index (χ0) is 21.2. The van der Waals surface area contributed by atoms with E-state index in [9.17, 15) is 9.59 Å². The van der Waals surface area contributed by atoms with E-state index in [1.54, 1.807) is 31.2 Å². The molecule has 0 spiro atoms. The zero-order valence-electron chi connectivity index (χ0n) is 17.7. The average molecular weight is 398 g/mol. The quantitative estimate of drug-likeness (QED) is 0.546. The Morgan fingerprint density at radius 3 is 2.21 bits per heavy atom. The Morgan fingerprint density at radius 1 is 0.966 bits per heavy atom. The lowest BCUT2D eigenvalue weighted by Gasteiger charge is -2.17. The number of carbonyl (C=O) groups is 2. The van der Waals surface area contributed by atoms with Crippen LogP contribution in [0.4, 0.5) is 5.69 Å². The van der Waals surface area contributed by atoms with Crippen molar-refractivity contribution < 1.29 is 19.1 Å². The zero-order valence-corrected chi connectivity index (χ0v) is 17.7. The standard InChI is InChI=1S/C24H31NO4/c1-5-7-8-19-9-13-21(14-10-19)25-23(26)20-11-15-22(16-12-20)29-18(4)24(27)28-17(3)6-2/h9-18H,5-8H2,1-4H3,(H,25,26)/t17-,18+/m0/s1. The summed E-state index contributed by atoms with van der Waals surface area (Å²) in [5.41, 5.74) is 2.55. The van der Waals surface area contributed by atoms with E-state index in [0.29, 0.717) is 11.3 Å². The van der Waals surface area contributed by atoms with Crippen LogP contribution >= 0.6 is 0 Å². The number of hydrogen-bond donors (Lipinski definition) is 1. The van der Waals surface area contributed by atoms with Crippen LogP contribution < -0.4 is 10.1 Å². The first-order valence-corrected chi connectivity index (χ1v) is 10.3. The first-order chi connectivity index (χ1) is 13.9. The summed E-state index contributed by atoms with van der Waals surface area (Å²) in [5, 5.41) is 2.89. The van der Waals surface area contributed by atoms with E-state index in [4.69, 9.17) is 9.47 Å². The number of carbonyl (C=O) groups excluding carboxylic acids is 2. The number of amides is 1. The number of ether oxygens (including phenoxy) is 2. The smallest absolute Gasteiger partial charge is 0.347 e. The van der Waals surface area contributed by atoms with Crippen LogP contribution in [0.1, 0.15) is 62.9 Å². The molecule has 0 aliphatic heterocycles. The highest BCUT2D eigenvalue weighted by Gasteiger charge is 2.18. The molecular weight excluding hydrogens is 366 g/mol. The van der Waals surface area contributed by atoms with Gasteiger partial charge in [-0.15, -0.1) is 0 Å². The van der Waals surface area contributed by atoms with Gasteiger partial charge in [0, 0.05) is 11.3 Å². The summed E-state index contributed by atoms with van der Waals surface area (Å²) >= 11 is 0. The molecule has 0 radical (unpaired) electrons. The molecule has 2 aromatic carbocycles. The monoisotopic (exact) mass is 397 g/mol. The largest absolute Gasteiger partial charge is 0.479 e. The SMILES string of the molecule is CCCCc1ccc(NC(=O)c2ccc(O[C@H](C)C(=O)O[C@@H](C)CC)cc2)cc1. The van der Waals surface area contributed by atoms with Crippen LogP contribution in [0, 0.1) is 0 Å². The van der Waals surface area contributed by atoms with Crippen LogP contribution in [-0.2, 0) is 16.0 Å². The Hall–Kier alpha value is -2.82. The van der Waals surface area contributed by atoms with Crippen molar-refractivity contribution >= 4 is 17.6 Å². The van der Waals surface area contributed by atoms with Gasteiger partial charge in [0.15, 0.2) is 6.10 Å². The van der Waals surface area contributed by atoms with E-state index < -0.39 is 12.1 Å².